The third-order valence-corrected chi connectivity index (χ3v) is 4.31. The molecule has 0 bridgehead atoms. The van der Waals surface area contributed by atoms with Crippen LogP contribution in [-0.4, -0.2) is 33.7 Å². The highest BCUT2D eigenvalue weighted by molar-refractivity contribution is 5.98. The summed E-state index contributed by atoms with van der Waals surface area (Å²) in [6.45, 7) is 6.32. The Bertz CT molecular complexity index is 500. The number of aryl methyl sites for hydroxylation is 2. The van der Waals surface area contributed by atoms with Crippen LogP contribution < -0.4 is 5.73 Å². The van der Waals surface area contributed by atoms with Crippen LogP contribution >= 0.6 is 0 Å². The van der Waals surface area contributed by atoms with Crippen molar-refractivity contribution in [1.82, 2.24) is 14.7 Å². The number of nitrogens with two attached hydrogens (primary N) is 1. The summed E-state index contributed by atoms with van der Waals surface area (Å²) in [6, 6.07) is 0. The Hall–Kier alpha value is -1.52. The molecule has 1 aromatic rings. The first-order valence-electron chi connectivity index (χ1n) is 7.72. The molecule has 5 heteroatoms. The van der Waals surface area contributed by atoms with Gasteiger partial charge in [-0.15, -0.1) is 0 Å². The van der Waals surface area contributed by atoms with E-state index in [2.05, 4.69) is 5.10 Å². The van der Waals surface area contributed by atoms with E-state index in [0.717, 1.165) is 18.8 Å². The molecule has 2 N–H and O–H groups in total. The minimum Gasteiger partial charge on any atom is -0.395 e. The third-order valence-electron chi connectivity index (χ3n) is 4.31. The maximum atomic E-state index is 12.9. The molecule has 110 valence electrons. The van der Waals surface area contributed by atoms with Gasteiger partial charge in [0.15, 0.2) is 0 Å². The summed E-state index contributed by atoms with van der Waals surface area (Å²) < 4.78 is 1.75. The molecular weight excluding hydrogens is 252 g/mol. The van der Waals surface area contributed by atoms with Gasteiger partial charge in [0, 0.05) is 19.6 Å². The Morgan fingerprint density at radius 3 is 2.30 bits per heavy atom. The lowest BCUT2D eigenvalue weighted by Gasteiger charge is -2.23. The number of nitrogen functional groups attached to an aromatic ring is 1. The second kappa shape index (κ2) is 5.11. The fraction of sp³-hybridized carbons (Fsp3) is 0.733. The molecule has 0 atom stereocenters. The average Bonchev–Trinajstić information content (AvgIpc) is 3.32. The zero-order valence-electron chi connectivity index (χ0n) is 12.4. The van der Waals surface area contributed by atoms with Crippen LogP contribution in [0.5, 0.6) is 0 Å². The number of nitrogens with zero attached hydrogens (tertiary/aromatic N) is 3. The SMILES string of the molecule is CCn1nc(C)c(N)c1C(=O)N(CC1CC1)CC1CC1. The summed E-state index contributed by atoms with van der Waals surface area (Å²) in [5.41, 5.74) is 7.98. The number of anilines is 1. The topological polar surface area (TPSA) is 64.2 Å². The van der Waals surface area contributed by atoms with Crippen molar-refractivity contribution >= 4 is 11.6 Å². The largest absolute Gasteiger partial charge is 0.395 e. The summed E-state index contributed by atoms with van der Waals surface area (Å²) in [5, 5.41) is 4.37. The lowest BCUT2D eigenvalue weighted by atomic mass is 10.2. The number of rotatable bonds is 6. The molecule has 20 heavy (non-hydrogen) atoms. The average molecular weight is 276 g/mol. The first-order chi connectivity index (χ1) is 9.60. The molecule has 2 aliphatic carbocycles. The predicted molar refractivity (Wildman–Crippen MR) is 78.4 cm³/mol. The van der Waals surface area contributed by atoms with Gasteiger partial charge in [0.05, 0.1) is 11.4 Å². The van der Waals surface area contributed by atoms with Gasteiger partial charge in [-0.2, -0.15) is 5.10 Å². The molecule has 3 rings (SSSR count). The number of amides is 1. The van der Waals surface area contributed by atoms with Crippen molar-refractivity contribution < 1.29 is 4.79 Å². The number of hydrogen-bond acceptors (Lipinski definition) is 3. The van der Waals surface area contributed by atoms with Gasteiger partial charge in [0.2, 0.25) is 0 Å². The smallest absolute Gasteiger partial charge is 0.274 e. The van der Waals surface area contributed by atoms with E-state index in [-0.39, 0.29) is 5.91 Å². The van der Waals surface area contributed by atoms with Crippen molar-refractivity contribution in [2.45, 2.75) is 46.1 Å². The summed E-state index contributed by atoms with van der Waals surface area (Å²) in [7, 11) is 0. The molecule has 0 saturated heterocycles. The number of aromatic nitrogens is 2. The van der Waals surface area contributed by atoms with E-state index in [1.54, 1.807) is 4.68 Å². The monoisotopic (exact) mass is 276 g/mol. The molecule has 0 unspecified atom stereocenters. The first-order valence-corrected chi connectivity index (χ1v) is 7.72. The van der Waals surface area contributed by atoms with E-state index in [1.165, 1.54) is 25.7 Å². The quantitative estimate of drug-likeness (QED) is 0.865. The summed E-state index contributed by atoms with van der Waals surface area (Å²) >= 11 is 0. The molecule has 2 aliphatic rings. The predicted octanol–water partition coefficient (Wildman–Crippen LogP) is 2.06. The molecule has 5 nitrogen and oxygen atoms in total. The number of hydrogen-bond donors (Lipinski definition) is 1. The molecule has 0 aromatic carbocycles. The van der Waals surface area contributed by atoms with Crippen molar-refractivity contribution in [3.05, 3.63) is 11.4 Å². The lowest BCUT2D eigenvalue weighted by Crippen LogP contribution is -2.36. The van der Waals surface area contributed by atoms with Gasteiger partial charge in [0.25, 0.3) is 5.91 Å². The van der Waals surface area contributed by atoms with E-state index in [1.807, 2.05) is 18.7 Å². The highest BCUT2D eigenvalue weighted by Gasteiger charge is 2.33. The second-order valence-corrected chi connectivity index (χ2v) is 6.26. The van der Waals surface area contributed by atoms with Gasteiger partial charge in [-0.05, 0) is 51.4 Å². The number of carbonyl (C=O) groups excluding carboxylic acids is 1. The Kier molecular flexibility index (Phi) is 3.44. The Labute approximate surface area is 120 Å². The van der Waals surface area contributed by atoms with Gasteiger partial charge >= 0.3 is 0 Å². The van der Waals surface area contributed by atoms with Crippen LogP contribution in [0.25, 0.3) is 0 Å². The van der Waals surface area contributed by atoms with Crippen LogP contribution in [0.3, 0.4) is 0 Å². The van der Waals surface area contributed by atoms with Crippen LogP contribution in [0, 0.1) is 18.8 Å². The van der Waals surface area contributed by atoms with E-state index in [0.29, 0.717) is 29.8 Å². The molecule has 0 spiro atoms. The molecule has 0 aliphatic heterocycles. The highest BCUT2D eigenvalue weighted by Crippen LogP contribution is 2.34. The molecule has 2 fully saturated rings. The normalized spacial score (nSPS) is 18.3. The Balaban J connectivity index is 1.83. The maximum Gasteiger partial charge on any atom is 0.274 e. The minimum atomic E-state index is 0.0729. The summed E-state index contributed by atoms with van der Waals surface area (Å²) in [6.07, 6.45) is 5.04. The van der Waals surface area contributed by atoms with Gasteiger partial charge < -0.3 is 10.6 Å². The molecule has 0 radical (unpaired) electrons. The van der Waals surface area contributed by atoms with E-state index < -0.39 is 0 Å². The first kappa shape index (κ1) is 13.5. The van der Waals surface area contributed by atoms with Crippen molar-refractivity contribution in [3.63, 3.8) is 0 Å². The van der Waals surface area contributed by atoms with Gasteiger partial charge in [-0.3, -0.25) is 9.48 Å². The third kappa shape index (κ3) is 2.67. The summed E-state index contributed by atoms with van der Waals surface area (Å²) in [4.78, 5) is 14.9. The van der Waals surface area contributed by atoms with Crippen molar-refractivity contribution in [3.8, 4) is 0 Å². The maximum absolute atomic E-state index is 12.9. The molecule has 1 amide bonds. The second-order valence-electron chi connectivity index (χ2n) is 6.26. The van der Waals surface area contributed by atoms with Gasteiger partial charge in [0.1, 0.15) is 5.69 Å². The zero-order chi connectivity index (χ0) is 14.3. The van der Waals surface area contributed by atoms with Crippen molar-refractivity contribution in [2.24, 2.45) is 11.8 Å². The van der Waals surface area contributed by atoms with E-state index in [4.69, 9.17) is 5.73 Å². The van der Waals surface area contributed by atoms with E-state index >= 15 is 0 Å². The zero-order valence-corrected chi connectivity index (χ0v) is 12.4. The van der Waals surface area contributed by atoms with Crippen molar-refractivity contribution in [1.29, 1.82) is 0 Å². The van der Waals surface area contributed by atoms with Crippen LogP contribution in [0.15, 0.2) is 0 Å². The van der Waals surface area contributed by atoms with Crippen molar-refractivity contribution in [2.75, 3.05) is 18.8 Å². The fourth-order valence-corrected chi connectivity index (χ4v) is 2.66. The van der Waals surface area contributed by atoms with Crippen LogP contribution in [-0.2, 0) is 6.54 Å². The van der Waals surface area contributed by atoms with E-state index in [9.17, 15) is 4.79 Å². The summed E-state index contributed by atoms with van der Waals surface area (Å²) in [5.74, 6) is 1.49. The Morgan fingerprint density at radius 2 is 1.85 bits per heavy atom. The van der Waals surface area contributed by atoms with Gasteiger partial charge in [-0.25, -0.2) is 0 Å². The minimum absolute atomic E-state index is 0.0729. The van der Waals surface area contributed by atoms with Gasteiger partial charge in [-0.1, -0.05) is 0 Å². The molecular formula is C15H24N4O. The van der Waals surface area contributed by atoms with Crippen LogP contribution in [0.1, 0.15) is 48.8 Å². The van der Waals surface area contributed by atoms with Crippen LogP contribution in [0.2, 0.25) is 0 Å². The Morgan fingerprint density at radius 1 is 1.30 bits per heavy atom. The fourth-order valence-electron chi connectivity index (χ4n) is 2.66. The standard InChI is InChI=1S/C15H24N4O/c1-3-19-14(13(16)10(2)17-19)15(20)18(8-11-4-5-11)9-12-6-7-12/h11-12H,3-9,16H2,1-2H3. The lowest BCUT2D eigenvalue weighted by molar-refractivity contribution is 0.0728. The number of carbonyl (C=O) groups is 1. The molecule has 1 aromatic heterocycles. The molecule has 2 saturated carbocycles. The molecule has 1 heterocycles. The van der Waals surface area contributed by atoms with Crippen LogP contribution in [0.4, 0.5) is 5.69 Å². The highest BCUT2D eigenvalue weighted by atomic mass is 16.2.